The summed E-state index contributed by atoms with van der Waals surface area (Å²) in [5, 5.41) is 11.5. The van der Waals surface area contributed by atoms with E-state index in [2.05, 4.69) is 15.5 Å². The van der Waals surface area contributed by atoms with Crippen LogP contribution >= 0.6 is 0 Å². The van der Waals surface area contributed by atoms with Gasteiger partial charge in [-0.2, -0.15) is 15.0 Å². The van der Waals surface area contributed by atoms with E-state index in [0.717, 1.165) is 30.5 Å². The van der Waals surface area contributed by atoms with Crippen LogP contribution in [0.5, 0.6) is 0 Å². The van der Waals surface area contributed by atoms with Gasteiger partial charge < -0.3 is 10.2 Å². The molecule has 3 aromatic rings. The topological polar surface area (TPSA) is 63.1 Å². The minimum atomic E-state index is -0.200. The normalized spacial score (nSPS) is 17.0. The van der Waals surface area contributed by atoms with E-state index in [1.54, 1.807) is 12.1 Å². The molecular weight excluding hydrogens is 333 g/mol. The maximum Gasteiger partial charge on any atom is 0.243 e. The van der Waals surface area contributed by atoms with Gasteiger partial charge >= 0.3 is 0 Å². The molecule has 1 aliphatic heterocycles. The summed E-state index contributed by atoms with van der Waals surface area (Å²) < 4.78 is 13.9. The Morgan fingerprint density at radius 2 is 1.81 bits per heavy atom. The number of nitrogens with zero attached hydrogens (tertiary/aromatic N) is 4. The van der Waals surface area contributed by atoms with Crippen LogP contribution in [0.3, 0.4) is 0 Å². The van der Waals surface area contributed by atoms with Crippen LogP contribution in [0.15, 0.2) is 48.5 Å². The molecule has 1 fully saturated rings. The highest BCUT2D eigenvalue weighted by Crippen LogP contribution is 2.25. The standard InChI is InChI=1S/C19H20FN5O/c20-15-5-1-4-8-18(15)24-10-9-14(12-24)11-21-19(26)13-25-22-16-6-2-3-7-17(16)23-25/h1-8,14H,9-13H2,(H,21,26)/t14-/m1/s1. The molecule has 26 heavy (non-hydrogen) atoms. The predicted molar refractivity (Wildman–Crippen MR) is 97.3 cm³/mol. The van der Waals surface area contributed by atoms with Crippen LogP contribution in [-0.2, 0) is 11.3 Å². The van der Waals surface area contributed by atoms with Crippen LogP contribution in [0, 0.1) is 11.7 Å². The fourth-order valence-electron chi connectivity index (χ4n) is 3.34. The van der Waals surface area contributed by atoms with Gasteiger partial charge in [-0.25, -0.2) is 4.39 Å². The second-order valence-electron chi connectivity index (χ2n) is 6.58. The Hall–Kier alpha value is -2.96. The highest BCUT2D eigenvalue weighted by molar-refractivity contribution is 5.77. The summed E-state index contributed by atoms with van der Waals surface area (Å²) in [5.41, 5.74) is 2.18. The quantitative estimate of drug-likeness (QED) is 0.764. The molecule has 1 amide bonds. The van der Waals surface area contributed by atoms with Crippen molar-refractivity contribution < 1.29 is 9.18 Å². The Kier molecular flexibility index (Phi) is 4.51. The van der Waals surface area contributed by atoms with E-state index in [0.29, 0.717) is 18.2 Å². The molecule has 134 valence electrons. The molecule has 1 saturated heterocycles. The van der Waals surface area contributed by atoms with Gasteiger partial charge in [-0.05, 0) is 36.6 Å². The highest BCUT2D eigenvalue weighted by atomic mass is 19.1. The lowest BCUT2D eigenvalue weighted by Gasteiger charge is -2.19. The summed E-state index contributed by atoms with van der Waals surface area (Å²) in [6, 6.07) is 14.3. The summed E-state index contributed by atoms with van der Waals surface area (Å²) >= 11 is 0. The molecule has 0 aliphatic carbocycles. The van der Waals surface area contributed by atoms with E-state index >= 15 is 0 Å². The molecule has 7 heteroatoms. The van der Waals surface area contributed by atoms with Gasteiger partial charge in [0, 0.05) is 19.6 Å². The summed E-state index contributed by atoms with van der Waals surface area (Å²) in [7, 11) is 0. The van der Waals surface area contributed by atoms with Gasteiger partial charge in [0.05, 0.1) is 5.69 Å². The Morgan fingerprint density at radius 1 is 1.12 bits per heavy atom. The Labute approximate surface area is 150 Å². The van der Waals surface area contributed by atoms with Gasteiger partial charge in [0.25, 0.3) is 0 Å². The van der Waals surface area contributed by atoms with Crippen molar-refractivity contribution in [1.82, 2.24) is 20.3 Å². The summed E-state index contributed by atoms with van der Waals surface area (Å²) in [6.07, 6.45) is 0.929. The van der Waals surface area contributed by atoms with Crippen molar-refractivity contribution in [3.8, 4) is 0 Å². The van der Waals surface area contributed by atoms with Crippen molar-refractivity contribution >= 4 is 22.6 Å². The van der Waals surface area contributed by atoms with Crippen molar-refractivity contribution in [2.75, 3.05) is 24.5 Å². The number of hydrogen-bond donors (Lipinski definition) is 1. The molecule has 0 radical (unpaired) electrons. The lowest BCUT2D eigenvalue weighted by Crippen LogP contribution is -2.33. The zero-order chi connectivity index (χ0) is 17.9. The van der Waals surface area contributed by atoms with E-state index in [-0.39, 0.29) is 18.3 Å². The molecular formula is C19H20FN5O. The molecule has 2 heterocycles. The maximum atomic E-state index is 13.9. The molecule has 2 aromatic carbocycles. The summed E-state index contributed by atoms with van der Waals surface area (Å²) in [6.45, 7) is 2.21. The fourth-order valence-corrected chi connectivity index (χ4v) is 3.34. The number of anilines is 1. The first-order valence-corrected chi connectivity index (χ1v) is 8.75. The second-order valence-corrected chi connectivity index (χ2v) is 6.58. The molecule has 0 saturated carbocycles. The van der Waals surface area contributed by atoms with Crippen LogP contribution in [-0.4, -0.2) is 40.5 Å². The largest absolute Gasteiger partial charge is 0.369 e. The minimum absolute atomic E-state index is 0.0957. The SMILES string of the molecule is O=C(Cn1nc2ccccc2n1)NC[C@H]1CCN(c2ccccc2F)C1. The van der Waals surface area contributed by atoms with E-state index in [9.17, 15) is 9.18 Å². The number of benzene rings is 2. The molecule has 1 N–H and O–H groups in total. The van der Waals surface area contributed by atoms with Crippen molar-refractivity contribution in [3.05, 3.63) is 54.3 Å². The molecule has 4 rings (SSSR count). The number of carbonyl (C=O) groups is 1. The number of nitrogens with one attached hydrogen (secondary N) is 1. The zero-order valence-electron chi connectivity index (χ0n) is 14.3. The van der Waals surface area contributed by atoms with Crippen LogP contribution in [0.2, 0.25) is 0 Å². The number of hydrogen-bond acceptors (Lipinski definition) is 4. The third-order valence-corrected chi connectivity index (χ3v) is 4.68. The predicted octanol–water partition coefficient (Wildman–Crippen LogP) is 2.21. The van der Waals surface area contributed by atoms with E-state index in [1.807, 2.05) is 35.2 Å². The van der Waals surface area contributed by atoms with Gasteiger partial charge in [-0.1, -0.05) is 24.3 Å². The second kappa shape index (κ2) is 7.11. The van der Waals surface area contributed by atoms with Gasteiger partial charge in [-0.3, -0.25) is 4.79 Å². The third kappa shape index (κ3) is 3.51. The number of aromatic nitrogens is 3. The average Bonchev–Trinajstić information content (AvgIpc) is 3.26. The smallest absolute Gasteiger partial charge is 0.243 e. The van der Waals surface area contributed by atoms with Crippen molar-refractivity contribution in [2.45, 2.75) is 13.0 Å². The highest BCUT2D eigenvalue weighted by Gasteiger charge is 2.24. The van der Waals surface area contributed by atoms with Crippen LogP contribution < -0.4 is 10.2 Å². The molecule has 1 aromatic heterocycles. The van der Waals surface area contributed by atoms with Gasteiger partial charge in [0.2, 0.25) is 5.91 Å². The molecule has 1 atom stereocenters. The van der Waals surface area contributed by atoms with Crippen LogP contribution in [0.4, 0.5) is 10.1 Å². The Balaban J connectivity index is 1.29. The van der Waals surface area contributed by atoms with Crippen molar-refractivity contribution in [2.24, 2.45) is 5.92 Å². The summed E-state index contributed by atoms with van der Waals surface area (Å²) in [4.78, 5) is 15.6. The van der Waals surface area contributed by atoms with Crippen LogP contribution in [0.25, 0.3) is 11.0 Å². The lowest BCUT2D eigenvalue weighted by molar-refractivity contribution is -0.122. The third-order valence-electron chi connectivity index (χ3n) is 4.68. The van der Waals surface area contributed by atoms with E-state index in [4.69, 9.17) is 0 Å². The summed E-state index contributed by atoms with van der Waals surface area (Å²) in [5.74, 6) is -0.00753. The monoisotopic (exact) mass is 353 g/mol. The van der Waals surface area contributed by atoms with Gasteiger partial charge in [-0.15, -0.1) is 0 Å². The first-order valence-electron chi connectivity index (χ1n) is 8.75. The Morgan fingerprint density at radius 3 is 2.54 bits per heavy atom. The van der Waals surface area contributed by atoms with Gasteiger partial charge in [0.15, 0.2) is 0 Å². The molecule has 6 nitrogen and oxygen atoms in total. The van der Waals surface area contributed by atoms with Gasteiger partial charge in [0.1, 0.15) is 23.4 Å². The lowest BCUT2D eigenvalue weighted by atomic mass is 10.1. The molecule has 0 bridgehead atoms. The molecule has 1 aliphatic rings. The minimum Gasteiger partial charge on any atom is -0.369 e. The number of fused-ring (bicyclic) bond motifs is 1. The van der Waals surface area contributed by atoms with Crippen molar-refractivity contribution in [3.63, 3.8) is 0 Å². The number of carbonyl (C=O) groups excluding carboxylic acids is 1. The van der Waals surface area contributed by atoms with Crippen LogP contribution in [0.1, 0.15) is 6.42 Å². The van der Waals surface area contributed by atoms with Crippen molar-refractivity contribution in [1.29, 1.82) is 0 Å². The first-order chi connectivity index (χ1) is 12.7. The number of para-hydroxylation sites is 1. The fraction of sp³-hybridized carbons (Fsp3) is 0.316. The average molecular weight is 353 g/mol. The van der Waals surface area contributed by atoms with E-state index < -0.39 is 0 Å². The Bertz CT molecular complexity index is 892. The number of halogens is 1. The molecule has 0 spiro atoms. The first kappa shape index (κ1) is 16.5. The number of rotatable bonds is 5. The maximum absolute atomic E-state index is 13.9. The zero-order valence-corrected chi connectivity index (χ0v) is 14.3. The number of amides is 1. The molecule has 0 unspecified atom stereocenters. The van der Waals surface area contributed by atoms with E-state index in [1.165, 1.54) is 10.9 Å².